The Bertz CT molecular complexity index is 526. The standard InChI is InChI=1S/C13H15N3S/c1-9-12(14)6-7-13(15-9)16-10-4-3-5-11(8-10)17-2/h3-8H,14H2,1-2H3,(H,15,16). The number of aromatic nitrogens is 1. The van der Waals surface area contributed by atoms with Crippen LogP contribution in [0.15, 0.2) is 41.3 Å². The maximum Gasteiger partial charge on any atom is 0.130 e. The number of benzene rings is 1. The molecule has 2 aromatic rings. The smallest absolute Gasteiger partial charge is 0.130 e. The van der Waals surface area contributed by atoms with Crippen LogP contribution in [0.3, 0.4) is 0 Å². The molecular formula is C13H15N3S. The number of nitrogens with two attached hydrogens (primary N) is 1. The van der Waals surface area contributed by atoms with E-state index in [1.54, 1.807) is 11.8 Å². The van der Waals surface area contributed by atoms with E-state index in [1.807, 2.05) is 31.2 Å². The van der Waals surface area contributed by atoms with Crippen molar-refractivity contribution in [2.45, 2.75) is 11.8 Å². The number of nitrogens with zero attached hydrogens (tertiary/aromatic N) is 1. The van der Waals surface area contributed by atoms with Gasteiger partial charge >= 0.3 is 0 Å². The Kier molecular flexibility index (Phi) is 3.54. The number of nitrogen functional groups attached to an aromatic ring is 1. The lowest BCUT2D eigenvalue weighted by atomic mass is 10.3. The minimum Gasteiger partial charge on any atom is -0.397 e. The van der Waals surface area contributed by atoms with E-state index in [9.17, 15) is 0 Å². The molecule has 1 heterocycles. The summed E-state index contributed by atoms with van der Waals surface area (Å²) in [5.74, 6) is 0.815. The van der Waals surface area contributed by atoms with Crippen LogP contribution in [-0.2, 0) is 0 Å². The van der Waals surface area contributed by atoms with Gasteiger partial charge in [0.25, 0.3) is 0 Å². The average molecular weight is 245 g/mol. The summed E-state index contributed by atoms with van der Waals surface area (Å²) >= 11 is 1.72. The molecule has 0 aliphatic rings. The summed E-state index contributed by atoms with van der Waals surface area (Å²) in [7, 11) is 0. The third-order valence-corrected chi connectivity index (χ3v) is 3.19. The predicted octanol–water partition coefficient (Wildman–Crippen LogP) is 3.44. The summed E-state index contributed by atoms with van der Waals surface area (Å²) in [6, 6.07) is 12.0. The maximum atomic E-state index is 5.73. The first kappa shape index (κ1) is 11.8. The zero-order valence-electron chi connectivity index (χ0n) is 9.90. The molecule has 0 radical (unpaired) electrons. The second kappa shape index (κ2) is 5.10. The number of rotatable bonds is 3. The summed E-state index contributed by atoms with van der Waals surface area (Å²) in [4.78, 5) is 5.60. The summed E-state index contributed by atoms with van der Waals surface area (Å²) in [6.07, 6.45) is 2.06. The van der Waals surface area contributed by atoms with Gasteiger partial charge in [0.2, 0.25) is 0 Å². The monoisotopic (exact) mass is 245 g/mol. The number of nitrogens with one attached hydrogen (secondary N) is 1. The first-order valence-electron chi connectivity index (χ1n) is 5.33. The van der Waals surface area contributed by atoms with E-state index in [2.05, 4.69) is 28.7 Å². The van der Waals surface area contributed by atoms with Crippen molar-refractivity contribution in [3.05, 3.63) is 42.1 Å². The molecule has 0 fully saturated rings. The molecule has 3 N–H and O–H groups in total. The second-order valence-electron chi connectivity index (χ2n) is 3.73. The van der Waals surface area contributed by atoms with Gasteiger partial charge in [0, 0.05) is 10.6 Å². The number of aryl methyl sites for hydroxylation is 1. The Hall–Kier alpha value is -1.68. The lowest BCUT2D eigenvalue weighted by Crippen LogP contribution is -1.98. The normalized spacial score (nSPS) is 10.2. The number of hydrogen-bond donors (Lipinski definition) is 2. The summed E-state index contributed by atoms with van der Waals surface area (Å²) in [5, 5.41) is 3.27. The van der Waals surface area contributed by atoms with Crippen LogP contribution < -0.4 is 11.1 Å². The molecule has 0 spiro atoms. The molecule has 0 saturated carbocycles. The Morgan fingerprint density at radius 2 is 2.06 bits per heavy atom. The fourth-order valence-corrected chi connectivity index (χ4v) is 1.95. The van der Waals surface area contributed by atoms with Crippen molar-refractivity contribution in [1.29, 1.82) is 0 Å². The summed E-state index contributed by atoms with van der Waals surface area (Å²) in [5.41, 5.74) is 8.33. The van der Waals surface area contributed by atoms with E-state index in [0.29, 0.717) is 5.69 Å². The molecule has 3 nitrogen and oxygen atoms in total. The van der Waals surface area contributed by atoms with E-state index in [0.717, 1.165) is 17.2 Å². The van der Waals surface area contributed by atoms with E-state index < -0.39 is 0 Å². The van der Waals surface area contributed by atoms with Gasteiger partial charge in [-0.2, -0.15) is 0 Å². The predicted molar refractivity (Wildman–Crippen MR) is 74.9 cm³/mol. The highest BCUT2D eigenvalue weighted by molar-refractivity contribution is 7.98. The van der Waals surface area contributed by atoms with Crippen molar-refractivity contribution in [2.75, 3.05) is 17.3 Å². The molecule has 1 aromatic carbocycles. The lowest BCUT2D eigenvalue weighted by molar-refractivity contribution is 1.20. The van der Waals surface area contributed by atoms with Gasteiger partial charge in [-0.15, -0.1) is 11.8 Å². The van der Waals surface area contributed by atoms with Crippen molar-refractivity contribution < 1.29 is 0 Å². The van der Waals surface area contributed by atoms with Crippen LogP contribution in [0, 0.1) is 6.92 Å². The molecule has 2 rings (SSSR count). The number of hydrogen-bond acceptors (Lipinski definition) is 4. The van der Waals surface area contributed by atoms with E-state index in [-0.39, 0.29) is 0 Å². The fraction of sp³-hybridized carbons (Fsp3) is 0.154. The minimum absolute atomic E-state index is 0.716. The van der Waals surface area contributed by atoms with Crippen molar-refractivity contribution in [2.24, 2.45) is 0 Å². The third-order valence-electron chi connectivity index (χ3n) is 2.47. The van der Waals surface area contributed by atoms with Gasteiger partial charge in [-0.1, -0.05) is 6.07 Å². The second-order valence-corrected chi connectivity index (χ2v) is 4.61. The Morgan fingerprint density at radius 1 is 1.24 bits per heavy atom. The molecule has 17 heavy (non-hydrogen) atoms. The molecule has 0 saturated heterocycles. The van der Waals surface area contributed by atoms with Gasteiger partial charge in [0.15, 0.2) is 0 Å². The molecule has 0 aliphatic carbocycles. The van der Waals surface area contributed by atoms with Gasteiger partial charge in [-0.3, -0.25) is 0 Å². The first-order chi connectivity index (χ1) is 8.19. The van der Waals surface area contributed by atoms with Crippen molar-refractivity contribution >= 4 is 29.0 Å². The van der Waals surface area contributed by atoms with E-state index in [4.69, 9.17) is 5.73 Å². The van der Waals surface area contributed by atoms with Crippen LogP contribution in [0.5, 0.6) is 0 Å². The summed E-state index contributed by atoms with van der Waals surface area (Å²) < 4.78 is 0. The molecule has 0 bridgehead atoms. The Morgan fingerprint density at radius 3 is 2.76 bits per heavy atom. The highest BCUT2D eigenvalue weighted by atomic mass is 32.2. The van der Waals surface area contributed by atoms with E-state index in [1.165, 1.54) is 4.90 Å². The number of anilines is 3. The van der Waals surface area contributed by atoms with Crippen LogP contribution in [-0.4, -0.2) is 11.2 Å². The molecule has 0 amide bonds. The van der Waals surface area contributed by atoms with Crippen LogP contribution in [0.1, 0.15) is 5.69 Å². The summed E-state index contributed by atoms with van der Waals surface area (Å²) in [6.45, 7) is 1.90. The quantitative estimate of drug-likeness (QED) is 0.813. The van der Waals surface area contributed by atoms with Gasteiger partial charge in [0.1, 0.15) is 5.82 Å². The van der Waals surface area contributed by atoms with Crippen molar-refractivity contribution in [3.8, 4) is 0 Å². The van der Waals surface area contributed by atoms with Gasteiger partial charge in [-0.25, -0.2) is 4.98 Å². The zero-order valence-corrected chi connectivity index (χ0v) is 10.7. The average Bonchev–Trinajstić information content (AvgIpc) is 2.34. The largest absolute Gasteiger partial charge is 0.397 e. The topological polar surface area (TPSA) is 50.9 Å². The highest BCUT2D eigenvalue weighted by Crippen LogP contribution is 2.22. The Balaban J connectivity index is 2.22. The number of thioether (sulfide) groups is 1. The van der Waals surface area contributed by atoms with Crippen LogP contribution in [0.2, 0.25) is 0 Å². The van der Waals surface area contributed by atoms with Gasteiger partial charge in [0.05, 0.1) is 11.4 Å². The molecule has 0 aliphatic heterocycles. The van der Waals surface area contributed by atoms with E-state index >= 15 is 0 Å². The fourth-order valence-electron chi connectivity index (χ4n) is 1.49. The van der Waals surface area contributed by atoms with Gasteiger partial charge < -0.3 is 11.1 Å². The van der Waals surface area contributed by atoms with Crippen molar-refractivity contribution in [1.82, 2.24) is 4.98 Å². The molecule has 1 aromatic heterocycles. The van der Waals surface area contributed by atoms with Crippen LogP contribution in [0.4, 0.5) is 17.2 Å². The SMILES string of the molecule is CSc1cccc(Nc2ccc(N)c(C)n2)c1. The number of pyridine rings is 1. The maximum absolute atomic E-state index is 5.73. The molecule has 0 atom stereocenters. The molecule has 88 valence electrons. The molecule has 0 unspecified atom stereocenters. The van der Waals surface area contributed by atoms with Crippen molar-refractivity contribution in [3.63, 3.8) is 0 Å². The Labute approximate surface area is 105 Å². The van der Waals surface area contributed by atoms with Crippen LogP contribution in [0.25, 0.3) is 0 Å². The van der Waals surface area contributed by atoms with Gasteiger partial charge in [-0.05, 0) is 43.5 Å². The first-order valence-corrected chi connectivity index (χ1v) is 6.56. The third kappa shape index (κ3) is 2.91. The molecular weight excluding hydrogens is 230 g/mol. The van der Waals surface area contributed by atoms with Crippen LogP contribution >= 0.6 is 11.8 Å². The minimum atomic E-state index is 0.716. The molecule has 4 heteroatoms. The zero-order chi connectivity index (χ0) is 12.3. The lowest BCUT2D eigenvalue weighted by Gasteiger charge is -2.08. The highest BCUT2D eigenvalue weighted by Gasteiger charge is 2.00.